The molecular formula is C21H22N2S. The fourth-order valence-corrected chi connectivity index (χ4v) is 3.94. The van der Waals surface area contributed by atoms with Gasteiger partial charge in [-0.2, -0.15) is 0 Å². The summed E-state index contributed by atoms with van der Waals surface area (Å²) in [5, 5.41) is 2.26. The summed E-state index contributed by atoms with van der Waals surface area (Å²) in [7, 11) is 0. The van der Waals surface area contributed by atoms with Gasteiger partial charge in [0.15, 0.2) is 4.80 Å². The smallest absolute Gasteiger partial charge is 0.190 e. The van der Waals surface area contributed by atoms with Gasteiger partial charge in [0.1, 0.15) is 0 Å². The van der Waals surface area contributed by atoms with Gasteiger partial charge in [-0.25, -0.2) is 4.99 Å². The lowest BCUT2D eigenvalue weighted by Gasteiger charge is -2.08. The Kier molecular flexibility index (Phi) is 3.89. The predicted octanol–water partition coefficient (Wildman–Crippen LogP) is 5.71. The molecule has 0 unspecified atom stereocenters. The molecule has 0 spiro atoms. The van der Waals surface area contributed by atoms with Gasteiger partial charge in [0.25, 0.3) is 0 Å². The molecule has 1 heterocycles. The van der Waals surface area contributed by atoms with Gasteiger partial charge < -0.3 is 4.57 Å². The average molecular weight is 334 g/mol. The van der Waals surface area contributed by atoms with Gasteiger partial charge in [0, 0.05) is 11.4 Å². The van der Waals surface area contributed by atoms with Gasteiger partial charge in [-0.1, -0.05) is 42.0 Å². The molecule has 0 saturated heterocycles. The molecule has 0 bridgehead atoms. The molecule has 0 radical (unpaired) electrons. The van der Waals surface area contributed by atoms with Crippen LogP contribution in [-0.2, 0) is 0 Å². The maximum absolute atomic E-state index is 5.01. The highest BCUT2D eigenvalue weighted by Crippen LogP contribution is 2.38. The van der Waals surface area contributed by atoms with E-state index in [1.165, 1.54) is 40.8 Å². The number of thiazole rings is 1. The monoisotopic (exact) mass is 334 g/mol. The van der Waals surface area contributed by atoms with Crippen LogP contribution in [0.5, 0.6) is 0 Å². The first-order valence-corrected chi connectivity index (χ1v) is 9.39. The summed E-state index contributed by atoms with van der Waals surface area (Å²) < 4.78 is 2.44. The number of hydrogen-bond acceptors (Lipinski definition) is 2. The van der Waals surface area contributed by atoms with Crippen molar-refractivity contribution in [1.29, 1.82) is 0 Å². The highest BCUT2D eigenvalue weighted by atomic mass is 32.1. The van der Waals surface area contributed by atoms with Crippen molar-refractivity contribution in [2.45, 2.75) is 39.7 Å². The fourth-order valence-electron chi connectivity index (χ4n) is 2.97. The fraction of sp³-hybridized carbons (Fsp3) is 0.286. The van der Waals surface area contributed by atoms with Crippen molar-refractivity contribution in [2.24, 2.45) is 4.99 Å². The van der Waals surface area contributed by atoms with E-state index < -0.39 is 0 Å². The minimum absolute atomic E-state index is 0.608. The van der Waals surface area contributed by atoms with E-state index in [-0.39, 0.29) is 0 Å². The van der Waals surface area contributed by atoms with E-state index in [0.29, 0.717) is 6.04 Å². The molecule has 2 nitrogen and oxygen atoms in total. The van der Waals surface area contributed by atoms with E-state index in [1.807, 2.05) is 0 Å². The van der Waals surface area contributed by atoms with Gasteiger partial charge >= 0.3 is 0 Å². The number of aromatic nitrogens is 1. The first-order chi connectivity index (χ1) is 11.6. The largest absolute Gasteiger partial charge is 0.313 e. The molecule has 1 fully saturated rings. The van der Waals surface area contributed by atoms with Crippen LogP contribution in [-0.4, -0.2) is 4.57 Å². The van der Waals surface area contributed by atoms with Crippen molar-refractivity contribution in [3.8, 4) is 11.3 Å². The Bertz CT molecular complexity index is 941. The van der Waals surface area contributed by atoms with Crippen molar-refractivity contribution >= 4 is 17.0 Å². The summed E-state index contributed by atoms with van der Waals surface area (Å²) in [6.07, 6.45) is 2.52. The first-order valence-electron chi connectivity index (χ1n) is 8.51. The number of benzene rings is 2. The number of nitrogens with zero attached hydrogens (tertiary/aromatic N) is 2. The van der Waals surface area contributed by atoms with Crippen LogP contribution >= 0.6 is 11.3 Å². The lowest BCUT2D eigenvalue weighted by molar-refractivity contribution is 0.724. The highest BCUT2D eigenvalue weighted by molar-refractivity contribution is 7.07. The third kappa shape index (κ3) is 2.96. The molecule has 0 N–H and O–H groups in total. The molecule has 1 aliphatic rings. The van der Waals surface area contributed by atoms with Crippen molar-refractivity contribution < 1.29 is 0 Å². The lowest BCUT2D eigenvalue weighted by atomic mass is 10.1. The third-order valence-corrected chi connectivity index (χ3v) is 5.42. The quantitative estimate of drug-likeness (QED) is 0.584. The number of rotatable bonds is 3. The van der Waals surface area contributed by atoms with Gasteiger partial charge in [0.2, 0.25) is 0 Å². The van der Waals surface area contributed by atoms with Gasteiger partial charge in [-0.3, -0.25) is 0 Å². The van der Waals surface area contributed by atoms with Crippen LogP contribution in [0.2, 0.25) is 0 Å². The van der Waals surface area contributed by atoms with E-state index in [1.54, 1.807) is 11.3 Å². The zero-order valence-corrected chi connectivity index (χ0v) is 15.2. The van der Waals surface area contributed by atoms with Gasteiger partial charge in [-0.15, -0.1) is 11.3 Å². The number of hydrogen-bond donors (Lipinski definition) is 0. The van der Waals surface area contributed by atoms with Crippen LogP contribution in [0.1, 0.15) is 35.6 Å². The lowest BCUT2D eigenvalue weighted by Crippen LogP contribution is -2.14. The summed E-state index contributed by atoms with van der Waals surface area (Å²) in [4.78, 5) is 6.12. The molecule has 24 heavy (non-hydrogen) atoms. The van der Waals surface area contributed by atoms with Crippen LogP contribution in [0.15, 0.2) is 52.8 Å². The van der Waals surface area contributed by atoms with Crippen LogP contribution in [0, 0.1) is 20.8 Å². The molecule has 0 atom stereocenters. The minimum Gasteiger partial charge on any atom is -0.313 e. The molecule has 1 saturated carbocycles. The predicted molar refractivity (Wildman–Crippen MR) is 102 cm³/mol. The zero-order chi connectivity index (χ0) is 16.7. The topological polar surface area (TPSA) is 17.3 Å². The SMILES string of the molecule is Cc1ccc(-c2csc(=Nc3cc(C)ccc3C)n2C2CC2)cc1. The Morgan fingerprint density at radius 1 is 0.958 bits per heavy atom. The van der Waals surface area contributed by atoms with Gasteiger partial charge in [0.05, 0.1) is 11.4 Å². The van der Waals surface area contributed by atoms with E-state index in [0.717, 1.165) is 10.5 Å². The van der Waals surface area contributed by atoms with Crippen molar-refractivity contribution in [2.75, 3.05) is 0 Å². The highest BCUT2D eigenvalue weighted by Gasteiger charge is 2.27. The normalized spacial score (nSPS) is 15.0. The Balaban J connectivity index is 1.86. The van der Waals surface area contributed by atoms with E-state index in [2.05, 4.69) is 73.2 Å². The second-order valence-corrected chi connectivity index (χ2v) is 7.61. The van der Waals surface area contributed by atoms with E-state index in [9.17, 15) is 0 Å². The van der Waals surface area contributed by atoms with Crippen LogP contribution < -0.4 is 4.80 Å². The second-order valence-electron chi connectivity index (χ2n) is 6.77. The summed E-state index contributed by atoms with van der Waals surface area (Å²) in [5.41, 5.74) is 7.45. The van der Waals surface area contributed by atoms with Crippen molar-refractivity contribution in [3.63, 3.8) is 0 Å². The maximum Gasteiger partial charge on any atom is 0.190 e. The Morgan fingerprint density at radius 3 is 2.38 bits per heavy atom. The Morgan fingerprint density at radius 2 is 1.67 bits per heavy atom. The minimum atomic E-state index is 0.608. The van der Waals surface area contributed by atoms with Crippen LogP contribution in [0.4, 0.5) is 5.69 Å². The molecular weight excluding hydrogens is 312 g/mol. The zero-order valence-electron chi connectivity index (χ0n) is 14.4. The Labute approximate surface area is 147 Å². The molecule has 3 heteroatoms. The summed E-state index contributed by atoms with van der Waals surface area (Å²) >= 11 is 1.75. The summed E-state index contributed by atoms with van der Waals surface area (Å²) in [5.74, 6) is 0. The molecule has 2 aromatic carbocycles. The number of aryl methyl sites for hydroxylation is 3. The maximum atomic E-state index is 5.01. The standard InChI is InChI=1S/C21H22N2S/c1-14-5-8-17(9-6-14)20-13-24-21(23(20)18-10-11-18)22-19-12-15(2)4-7-16(19)3/h4-9,12-13,18H,10-11H2,1-3H3. The first kappa shape index (κ1) is 15.4. The molecule has 0 amide bonds. The molecule has 0 aliphatic heterocycles. The third-order valence-electron chi connectivity index (χ3n) is 4.58. The summed E-state index contributed by atoms with van der Waals surface area (Å²) in [6.45, 7) is 6.39. The summed E-state index contributed by atoms with van der Waals surface area (Å²) in [6, 6.07) is 15.9. The average Bonchev–Trinajstić information content (AvgIpc) is 3.33. The van der Waals surface area contributed by atoms with E-state index in [4.69, 9.17) is 4.99 Å². The molecule has 1 aromatic heterocycles. The Hall–Kier alpha value is -2.13. The molecule has 4 rings (SSSR count). The van der Waals surface area contributed by atoms with E-state index >= 15 is 0 Å². The van der Waals surface area contributed by atoms with Crippen molar-refractivity contribution in [1.82, 2.24) is 4.57 Å². The molecule has 1 aliphatic carbocycles. The van der Waals surface area contributed by atoms with Crippen LogP contribution in [0.25, 0.3) is 11.3 Å². The molecule has 122 valence electrons. The second kappa shape index (κ2) is 6.06. The molecule has 3 aromatic rings. The van der Waals surface area contributed by atoms with Gasteiger partial charge in [-0.05, 0) is 56.4 Å². The van der Waals surface area contributed by atoms with Crippen LogP contribution in [0.3, 0.4) is 0 Å². The van der Waals surface area contributed by atoms with Crippen molar-refractivity contribution in [3.05, 3.63) is 69.3 Å².